The number of hydrogen-bond donors (Lipinski definition) is 0. The van der Waals surface area contributed by atoms with Crippen LogP contribution in [0.3, 0.4) is 0 Å². The number of carbonyl (C=O) groups excluding carboxylic acids is 1. The van der Waals surface area contributed by atoms with Crippen LogP contribution in [0.2, 0.25) is 0 Å². The zero-order valence-corrected chi connectivity index (χ0v) is 14.3. The van der Waals surface area contributed by atoms with Crippen molar-refractivity contribution in [3.63, 3.8) is 0 Å². The number of rotatable bonds is 4. The molecule has 2 aromatic rings. The van der Waals surface area contributed by atoms with Gasteiger partial charge in [-0.1, -0.05) is 6.07 Å². The third-order valence-electron chi connectivity index (χ3n) is 4.45. The zero-order chi connectivity index (χ0) is 18.7. The Morgan fingerprint density at radius 3 is 2.31 bits per heavy atom. The number of carbonyl (C=O) groups is 1. The van der Waals surface area contributed by atoms with Crippen molar-refractivity contribution in [2.24, 2.45) is 0 Å². The molecule has 7 heteroatoms. The molecule has 3 rings (SSSR count). The van der Waals surface area contributed by atoms with Crippen molar-refractivity contribution >= 4 is 5.91 Å². The molecular weight excluding hydrogens is 345 g/mol. The quantitative estimate of drug-likeness (QED) is 0.836. The fourth-order valence-electron chi connectivity index (χ4n) is 2.99. The molecule has 1 aliphatic heterocycles. The van der Waals surface area contributed by atoms with E-state index in [2.05, 4.69) is 4.90 Å². The summed E-state index contributed by atoms with van der Waals surface area (Å²) in [7, 11) is 1.42. The van der Waals surface area contributed by atoms with Crippen molar-refractivity contribution in [1.82, 2.24) is 9.80 Å². The molecule has 0 atom stereocenters. The zero-order valence-electron chi connectivity index (χ0n) is 14.3. The van der Waals surface area contributed by atoms with Gasteiger partial charge in [-0.2, -0.15) is 0 Å². The van der Waals surface area contributed by atoms with E-state index in [-0.39, 0.29) is 17.2 Å². The van der Waals surface area contributed by atoms with Gasteiger partial charge in [-0.25, -0.2) is 13.2 Å². The number of piperazine rings is 1. The van der Waals surface area contributed by atoms with Gasteiger partial charge in [0.15, 0.2) is 23.2 Å². The highest BCUT2D eigenvalue weighted by Crippen LogP contribution is 2.19. The minimum Gasteiger partial charge on any atom is -0.494 e. The lowest BCUT2D eigenvalue weighted by molar-refractivity contribution is 0.0628. The van der Waals surface area contributed by atoms with Crippen LogP contribution in [-0.4, -0.2) is 49.0 Å². The van der Waals surface area contributed by atoms with E-state index in [1.54, 1.807) is 17.0 Å². The average molecular weight is 364 g/mol. The molecule has 1 amide bonds. The van der Waals surface area contributed by atoms with Gasteiger partial charge in [0.2, 0.25) is 0 Å². The van der Waals surface area contributed by atoms with E-state index in [9.17, 15) is 18.0 Å². The van der Waals surface area contributed by atoms with E-state index < -0.39 is 17.5 Å². The number of benzene rings is 2. The van der Waals surface area contributed by atoms with Gasteiger partial charge in [0.05, 0.1) is 7.11 Å². The molecule has 0 saturated carbocycles. The summed E-state index contributed by atoms with van der Waals surface area (Å²) in [5.74, 6) is -2.53. The molecule has 0 aromatic heterocycles. The first-order chi connectivity index (χ1) is 12.5. The summed E-state index contributed by atoms with van der Waals surface area (Å²) >= 11 is 0. The second-order valence-electron chi connectivity index (χ2n) is 6.17. The predicted molar refractivity (Wildman–Crippen MR) is 90.5 cm³/mol. The van der Waals surface area contributed by atoms with E-state index in [1.807, 2.05) is 0 Å². The summed E-state index contributed by atoms with van der Waals surface area (Å²) in [4.78, 5) is 16.1. The van der Waals surface area contributed by atoms with Gasteiger partial charge in [-0.3, -0.25) is 9.69 Å². The Hall–Kier alpha value is -2.54. The standard InChI is InChI=1S/C19H19F3N2O2/c1-26-18-5-2-13(10-17(18)22)12-23-6-8-24(9-7-23)19(25)14-3-4-15(20)16(21)11-14/h2-5,10-11H,6-9,12H2,1H3. The van der Waals surface area contributed by atoms with Gasteiger partial charge in [-0.15, -0.1) is 0 Å². The topological polar surface area (TPSA) is 32.8 Å². The molecule has 1 heterocycles. The van der Waals surface area contributed by atoms with Crippen LogP contribution in [0.5, 0.6) is 5.75 Å². The molecule has 0 radical (unpaired) electrons. The van der Waals surface area contributed by atoms with Gasteiger partial charge in [0.25, 0.3) is 5.91 Å². The molecule has 1 fully saturated rings. The third-order valence-corrected chi connectivity index (χ3v) is 4.45. The van der Waals surface area contributed by atoms with Crippen LogP contribution < -0.4 is 4.74 Å². The van der Waals surface area contributed by atoms with Crippen molar-refractivity contribution in [3.8, 4) is 5.75 Å². The van der Waals surface area contributed by atoms with E-state index in [0.717, 1.165) is 17.7 Å². The molecule has 0 N–H and O–H groups in total. The molecule has 0 spiro atoms. The normalized spacial score (nSPS) is 15.2. The highest BCUT2D eigenvalue weighted by Gasteiger charge is 2.23. The highest BCUT2D eigenvalue weighted by atomic mass is 19.2. The third kappa shape index (κ3) is 3.99. The summed E-state index contributed by atoms with van der Waals surface area (Å²) in [6, 6.07) is 8.00. The van der Waals surface area contributed by atoms with Gasteiger partial charge in [0.1, 0.15) is 0 Å². The molecule has 138 valence electrons. The van der Waals surface area contributed by atoms with Gasteiger partial charge in [-0.05, 0) is 35.9 Å². The van der Waals surface area contributed by atoms with Crippen LogP contribution in [0, 0.1) is 17.5 Å². The summed E-state index contributed by atoms with van der Waals surface area (Å²) in [5.41, 5.74) is 0.957. The molecule has 0 unspecified atom stereocenters. The summed E-state index contributed by atoms with van der Waals surface area (Å²) in [6.07, 6.45) is 0. The first kappa shape index (κ1) is 18.3. The second kappa shape index (κ2) is 7.78. The Morgan fingerprint density at radius 2 is 1.69 bits per heavy atom. The van der Waals surface area contributed by atoms with Gasteiger partial charge in [0, 0.05) is 38.3 Å². The number of nitrogens with zero attached hydrogens (tertiary/aromatic N) is 2. The predicted octanol–water partition coefficient (Wildman–Crippen LogP) is 3.07. The Morgan fingerprint density at radius 1 is 0.962 bits per heavy atom. The molecule has 1 aliphatic rings. The number of halogens is 3. The van der Waals surface area contributed by atoms with Crippen LogP contribution in [0.4, 0.5) is 13.2 Å². The van der Waals surface area contributed by atoms with E-state index in [1.165, 1.54) is 19.2 Å². The molecule has 26 heavy (non-hydrogen) atoms. The number of methoxy groups -OCH3 is 1. The average Bonchev–Trinajstić information content (AvgIpc) is 2.64. The molecular formula is C19H19F3N2O2. The van der Waals surface area contributed by atoms with Crippen molar-refractivity contribution in [1.29, 1.82) is 0 Å². The molecule has 4 nitrogen and oxygen atoms in total. The van der Waals surface area contributed by atoms with Crippen LogP contribution in [0.25, 0.3) is 0 Å². The lowest BCUT2D eigenvalue weighted by atomic mass is 10.1. The second-order valence-corrected chi connectivity index (χ2v) is 6.17. The number of ether oxygens (including phenoxy) is 1. The smallest absolute Gasteiger partial charge is 0.254 e. The van der Waals surface area contributed by atoms with E-state index in [4.69, 9.17) is 4.74 Å². The maximum atomic E-state index is 13.8. The monoisotopic (exact) mass is 364 g/mol. The van der Waals surface area contributed by atoms with Crippen molar-refractivity contribution in [2.75, 3.05) is 33.3 Å². The first-order valence-electron chi connectivity index (χ1n) is 8.27. The molecule has 2 aromatic carbocycles. The Bertz CT molecular complexity index is 805. The van der Waals surface area contributed by atoms with Crippen molar-refractivity contribution in [3.05, 3.63) is 65.0 Å². The highest BCUT2D eigenvalue weighted by molar-refractivity contribution is 5.94. The Labute approximate surface area is 149 Å². The van der Waals surface area contributed by atoms with Crippen molar-refractivity contribution < 1.29 is 22.7 Å². The van der Waals surface area contributed by atoms with E-state index in [0.29, 0.717) is 32.7 Å². The Balaban J connectivity index is 1.57. The SMILES string of the molecule is COc1ccc(CN2CCN(C(=O)c3ccc(F)c(F)c3)CC2)cc1F. The maximum Gasteiger partial charge on any atom is 0.254 e. The molecule has 1 saturated heterocycles. The lowest BCUT2D eigenvalue weighted by Gasteiger charge is -2.34. The maximum absolute atomic E-state index is 13.8. The van der Waals surface area contributed by atoms with Crippen LogP contribution >= 0.6 is 0 Å². The van der Waals surface area contributed by atoms with Crippen LogP contribution in [0.15, 0.2) is 36.4 Å². The molecule has 0 aliphatic carbocycles. The van der Waals surface area contributed by atoms with Crippen LogP contribution in [0.1, 0.15) is 15.9 Å². The fraction of sp³-hybridized carbons (Fsp3) is 0.316. The summed E-state index contributed by atoms with van der Waals surface area (Å²) < 4.78 is 45.0. The van der Waals surface area contributed by atoms with Crippen molar-refractivity contribution in [2.45, 2.75) is 6.54 Å². The fourth-order valence-corrected chi connectivity index (χ4v) is 2.99. The minimum absolute atomic E-state index is 0.134. The van der Waals surface area contributed by atoms with Crippen LogP contribution in [-0.2, 0) is 6.54 Å². The number of hydrogen-bond acceptors (Lipinski definition) is 3. The van der Waals surface area contributed by atoms with E-state index >= 15 is 0 Å². The lowest BCUT2D eigenvalue weighted by Crippen LogP contribution is -2.48. The minimum atomic E-state index is -1.03. The largest absolute Gasteiger partial charge is 0.494 e. The van der Waals surface area contributed by atoms with Gasteiger partial charge < -0.3 is 9.64 Å². The number of amides is 1. The van der Waals surface area contributed by atoms with Gasteiger partial charge >= 0.3 is 0 Å². The summed E-state index contributed by atoms with van der Waals surface area (Å²) in [5, 5.41) is 0. The Kier molecular flexibility index (Phi) is 5.46. The summed E-state index contributed by atoms with van der Waals surface area (Å²) in [6.45, 7) is 2.73. The molecule has 0 bridgehead atoms. The first-order valence-corrected chi connectivity index (χ1v) is 8.27.